The molecule has 0 aliphatic heterocycles. The topological polar surface area (TPSA) is 52.0 Å². The van der Waals surface area contributed by atoms with Crippen molar-refractivity contribution in [2.75, 3.05) is 20.1 Å². The van der Waals surface area contributed by atoms with Crippen LogP contribution in [-0.2, 0) is 6.54 Å². The van der Waals surface area contributed by atoms with Gasteiger partial charge in [0.25, 0.3) is 0 Å². The van der Waals surface area contributed by atoms with Crippen LogP contribution in [0.5, 0.6) is 0 Å². The maximum Gasteiger partial charge on any atom is 0.140 e. The number of nitrogens with one attached hydrogen (secondary N) is 1. The van der Waals surface area contributed by atoms with Crippen LogP contribution >= 0.6 is 0 Å². The molecule has 0 aromatic carbocycles. The molecule has 0 unspecified atom stereocenters. The summed E-state index contributed by atoms with van der Waals surface area (Å²) >= 11 is 0. The summed E-state index contributed by atoms with van der Waals surface area (Å²) in [6, 6.07) is 6.42. The molecule has 1 aromatic heterocycles. The maximum atomic E-state index is 8.75. The molecule has 4 heteroatoms. The van der Waals surface area contributed by atoms with Crippen molar-refractivity contribution in [1.82, 2.24) is 15.2 Å². The van der Waals surface area contributed by atoms with E-state index in [2.05, 4.69) is 42.2 Å². The Morgan fingerprint density at radius 1 is 1.50 bits per heavy atom. The Kier molecular flexibility index (Phi) is 6.34. The molecule has 0 fully saturated rings. The van der Waals surface area contributed by atoms with Crippen LogP contribution in [0.4, 0.5) is 0 Å². The molecule has 1 aromatic rings. The van der Waals surface area contributed by atoms with Crippen molar-refractivity contribution in [1.29, 1.82) is 5.26 Å². The first kappa shape index (κ1) is 14.6. The predicted octanol–water partition coefficient (Wildman–Crippen LogP) is 1.77. The minimum atomic E-state index is 0.480. The summed E-state index contributed by atoms with van der Waals surface area (Å²) in [6.45, 7) is 7.29. The lowest BCUT2D eigenvalue weighted by molar-refractivity contribution is 0.269. The van der Waals surface area contributed by atoms with Crippen molar-refractivity contribution in [3.63, 3.8) is 0 Å². The molecule has 1 rings (SSSR count). The van der Waals surface area contributed by atoms with Crippen LogP contribution in [0, 0.1) is 11.3 Å². The number of aromatic nitrogens is 1. The van der Waals surface area contributed by atoms with Gasteiger partial charge in [-0.15, -0.1) is 0 Å². The number of hydrogen-bond donors (Lipinski definition) is 1. The van der Waals surface area contributed by atoms with Gasteiger partial charge in [0.15, 0.2) is 0 Å². The quantitative estimate of drug-likeness (QED) is 0.745. The third-order valence-electron chi connectivity index (χ3n) is 3.01. The van der Waals surface area contributed by atoms with Gasteiger partial charge in [0.1, 0.15) is 11.8 Å². The zero-order valence-electron chi connectivity index (χ0n) is 11.5. The van der Waals surface area contributed by atoms with Crippen molar-refractivity contribution in [2.45, 2.75) is 32.9 Å². The van der Waals surface area contributed by atoms with Gasteiger partial charge >= 0.3 is 0 Å². The second-order valence-corrected chi connectivity index (χ2v) is 4.77. The molecule has 0 atom stereocenters. The van der Waals surface area contributed by atoms with E-state index >= 15 is 0 Å². The fourth-order valence-electron chi connectivity index (χ4n) is 1.59. The SMILES string of the molecule is CC(C)N(C)CCCNCc1ccnc(C#N)c1. The van der Waals surface area contributed by atoms with Crippen LogP contribution < -0.4 is 5.32 Å². The Hall–Kier alpha value is -1.44. The first-order valence-corrected chi connectivity index (χ1v) is 6.39. The van der Waals surface area contributed by atoms with E-state index in [1.807, 2.05) is 12.1 Å². The van der Waals surface area contributed by atoms with Gasteiger partial charge in [-0.05, 0) is 58.1 Å². The Bertz CT molecular complexity index is 395. The zero-order chi connectivity index (χ0) is 13.4. The van der Waals surface area contributed by atoms with Crippen LogP contribution in [0.1, 0.15) is 31.5 Å². The van der Waals surface area contributed by atoms with Crippen molar-refractivity contribution in [3.05, 3.63) is 29.6 Å². The maximum absolute atomic E-state index is 8.75. The molecule has 1 N–H and O–H groups in total. The largest absolute Gasteiger partial charge is 0.313 e. The second kappa shape index (κ2) is 7.80. The minimum Gasteiger partial charge on any atom is -0.313 e. The fraction of sp³-hybridized carbons (Fsp3) is 0.571. The molecule has 98 valence electrons. The number of nitriles is 1. The number of nitrogens with zero attached hydrogens (tertiary/aromatic N) is 3. The predicted molar refractivity (Wildman–Crippen MR) is 73.0 cm³/mol. The molecule has 0 aliphatic carbocycles. The minimum absolute atomic E-state index is 0.480. The van der Waals surface area contributed by atoms with Gasteiger partial charge in [-0.25, -0.2) is 4.98 Å². The molecular formula is C14H22N4. The van der Waals surface area contributed by atoms with Gasteiger partial charge in [-0.1, -0.05) is 0 Å². The highest BCUT2D eigenvalue weighted by Gasteiger charge is 2.01. The summed E-state index contributed by atoms with van der Waals surface area (Å²) in [5.41, 5.74) is 1.59. The summed E-state index contributed by atoms with van der Waals surface area (Å²) in [6.07, 6.45) is 2.81. The smallest absolute Gasteiger partial charge is 0.140 e. The van der Waals surface area contributed by atoms with Gasteiger partial charge in [-0.3, -0.25) is 0 Å². The van der Waals surface area contributed by atoms with Crippen LogP contribution in [0.2, 0.25) is 0 Å². The lowest BCUT2D eigenvalue weighted by Crippen LogP contribution is -2.29. The molecule has 0 amide bonds. The molecule has 0 aliphatic rings. The average Bonchev–Trinajstić information content (AvgIpc) is 2.38. The van der Waals surface area contributed by atoms with Crippen molar-refractivity contribution in [3.8, 4) is 6.07 Å². The van der Waals surface area contributed by atoms with E-state index in [4.69, 9.17) is 5.26 Å². The van der Waals surface area contributed by atoms with E-state index in [0.717, 1.165) is 31.6 Å². The fourth-order valence-corrected chi connectivity index (χ4v) is 1.59. The normalized spacial score (nSPS) is 10.9. The van der Waals surface area contributed by atoms with Crippen molar-refractivity contribution >= 4 is 0 Å². The highest BCUT2D eigenvalue weighted by Crippen LogP contribution is 2.00. The summed E-state index contributed by atoms with van der Waals surface area (Å²) < 4.78 is 0. The van der Waals surface area contributed by atoms with E-state index in [0.29, 0.717) is 11.7 Å². The third-order valence-corrected chi connectivity index (χ3v) is 3.01. The van der Waals surface area contributed by atoms with Crippen LogP contribution in [0.25, 0.3) is 0 Å². The summed E-state index contributed by atoms with van der Waals surface area (Å²) in [4.78, 5) is 6.28. The van der Waals surface area contributed by atoms with Gasteiger partial charge < -0.3 is 10.2 Å². The molecule has 4 nitrogen and oxygen atoms in total. The molecule has 0 spiro atoms. The van der Waals surface area contributed by atoms with Gasteiger partial charge in [0, 0.05) is 18.8 Å². The van der Waals surface area contributed by atoms with Crippen molar-refractivity contribution in [2.24, 2.45) is 0 Å². The third kappa shape index (κ3) is 5.26. The number of hydrogen-bond acceptors (Lipinski definition) is 4. The molecular weight excluding hydrogens is 224 g/mol. The standard InChI is InChI=1S/C14H22N4/c1-12(2)18(3)8-4-6-16-11-13-5-7-17-14(9-13)10-15/h5,7,9,12,16H,4,6,8,11H2,1-3H3. The molecule has 18 heavy (non-hydrogen) atoms. The summed E-state index contributed by atoms with van der Waals surface area (Å²) in [5.74, 6) is 0. The number of rotatable bonds is 7. The first-order valence-electron chi connectivity index (χ1n) is 6.39. The molecule has 0 saturated carbocycles. The van der Waals surface area contributed by atoms with E-state index in [-0.39, 0.29) is 0 Å². The molecule has 0 bridgehead atoms. The Morgan fingerprint density at radius 2 is 2.28 bits per heavy atom. The Balaban J connectivity index is 2.20. The van der Waals surface area contributed by atoms with Gasteiger partial charge in [-0.2, -0.15) is 5.26 Å². The lowest BCUT2D eigenvalue weighted by Gasteiger charge is -2.20. The summed E-state index contributed by atoms with van der Waals surface area (Å²) in [7, 11) is 2.15. The lowest BCUT2D eigenvalue weighted by atomic mass is 10.2. The van der Waals surface area contributed by atoms with E-state index in [1.54, 1.807) is 6.20 Å². The van der Waals surface area contributed by atoms with Gasteiger partial charge in [0.2, 0.25) is 0 Å². The van der Waals surface area contributed by atoms with Crippen molar-refractivity contribution < 1.29 is 0 Å². The van der Waals surface area contributed by atoms with Crippen LogP contribution in [-0.4, -0.2) is 36.1 Å². The van der Waals surface area contributed by atoms with E-state index in [1.165, 1.54) is 0 Å². The van der Waals surface area contributed by atoms with E-state index < -0.39 is 0 Å². The van der Waals surface area contributed by atoms with E-state index in [9.17, 15) is 0 Å². The van der Waals surface area contributed by atoms with Crippen LogP contribution in [0.15, 0.2) is 18.3 Å². The highest BCUT2D eigenvalue weighted by atomic mass is 15.1. The summed E-state index contributed by atoms with van der Waals surface area (Å²) in [5, 5.41) is 12.1. The Labute approximate surface area is 110 Å². The second-order valence-electron chi connectivity index (χ2n) is 4.77. The molecule has 0 saturated heterocycles. The first-order chi connectivity index (χ1) is 8.63. The average molecular weight is 246 g/mol. The highest BCUT2D eigenvalue weighted by molar-refractivity contribution is 5.25. The monoisotopic (exact) mass is 246 g/mol. The zero-order valence-corrected chi connectivity index (χ0v) is 11.5. The molecule has 0 radical (unpaired) electrons. The Morgan fingerprint density at radius 3 is 2.94 bits per heavy atom. The van der Waals surface area contributed by atoms with Gasteiger partial charge in [0.05, 0.1) is 0 Å². The molecule has 1 heterocycles. The van der Waals surface area contributed by atoms with Crippen LogP contribution in [0.3, 0.4) is 0 Å². The number of pyridine rings is 1.